The fraction of sp³-hybridized carbons (Fsp3) is 0.417. The summed E-state index contributed by atoms with van der Waals surface area (Å²) in [5, 5.41) is 11.8. The summed E-state index contributed by atoms with van der Waals surface area (Å²) in [5.41, 5.74) is 13.7. The van der Waals surface area contributed by atoms with E-state index in [0.717, 1.165) is 31.7 Å². The lowest BCUT2D eigenvalue weighted by atomic mass is 10.1. The summed E-state index contributed by atoms with van der Waals surface area (Å²) < 4.78 is 7.15. The first-order chi connectivity index (χ1) is 9.24. The number of ether oxygens (including phenoxy) is 1. The quantitative estimate of drug-likeness (QED) is 0.780. The fourth-order valence-corrected chi connectivity index (χ4v) is 2.28. The maximum atomic E-state index is 5.98. The van der Waals surface area contributed by atoms with Crippen molar-refractivity contribution < 1.29 is 4.74 Å². The predicted octanol–water partition coefficient (Wildman–Crippen LogP) is 0.541. The molecule has 1 atom stereocenters. The molecule has 1 fully saturated rings. The number of nitrogens with zero attached hydrogens (tertiary/aromatic N) is 4. The van der Waals surface area contributed by atoms with Gasteiger partial charge in [0.25, 0.3) is 0 Å². The summed E-state index contributed by atoms with van der Waals surface area (Å²) in [6, 6.07) is 5.36. The van der Waals surface area contributed by atoms with Gasteiger partial charge in [0.1, 0.15) is 0 Å². The number of benzene rings is 1. The van der Waals surface area contributed by atoms with E-state index in [9.17, 15) is 0 Å². The van der Waals surface area contributed by atoms with Gasteiger partial charge >= 0.3 is 0 Å². The molecule has 1 aromatic heterocycles. The van der Waals surface area contributed by atoms with Gasteiger partial charge in [0.2, 0.25) is 0 Å². The molecule has 0 radical (unpaired) electrons. The minimum atomic E-state index is 0.456. The Balaban J connectivity index is 1.90. The maximum absolute atomic E-state index is 5.98. The van der Waals surface area contributed by atoms with E-state index >= 15 is 0 Å². The lowest BCUT2D eigenvalue weighted by Gasteiger charge is -2.10. The number of nitrogen functional groups attached to an aromatic ring is 2. The molecule has 1 unspecified atom stereocenters. The highest BCUT2D eigenvalue weighted by Gasteiger charge is 2.20. The van der Waals surface area contributed by atoms with Crippen molar-refractivity contribution in [3.8, 4) is 11.4 Å². The number of rotatable bonds is 3. The maximum Gasteiger partial charge on any atom is 0.184 e. The van der Waals surface area contributed by atoms with E-state index in [4.69, 9.17) is 16.2 Å². The molecule has 7 heteroatoms. The Morgan fingerprint density at radius 1 is 1.37 bits per heavy atom. The second-order valence-corrected chi connectivity index (χ2v) is 4.76. The van der Waals surface area contributed by atoms with Crippen LogP contribution >= 0.6 is 0 Å². The molecule has 0 saturated carbocycles. The van der Waals surface area contributed by atoms with Gasteiger partial charge in [-0.25, -0.2) is 4.68 Å². The van der Waals surface area contributed by atoms with E-state index in [0.29, 0.717) is 23.1 Å². The minimum absolute atomic E-state index is 0.456. The standard InChI is InChI=1S/C12H16N6O/c13-9-1-2-10(11(14)5-9)12-15-16-17-18(12)6-8-3-4-19-7-8/h1-2,5,8H,3-4,6-7,13-14H2. The zero-order chi connectivity index (χ0) is 13.2. The Morgan fingerprint density at radius 3 is 3.00 bits per heavy atom. The molecule has 2 aromatic rings. The van der Waals surface area contributed by atoms with E-state index in [2.05, 4.69) is 15.5 Å². The Hall–Kier alpha value is -2.15. The smallest absolute Gasteiger partial charge is 0.184 e. The van der Waals surface area contributed by atoms with Crippen LogP contribution in [0.5, 0.6) is 0 Å². The van der Waals surface area contributed by atoms with Crippen LogP contribution in [0.25, 0.3) is 11.4 Å². The summed E-state index contributed by atoms with van der Waals surface area (Å²) >= 11 is 0. The van der Waals surface area contributed by atoms with E-state index < -0.39 is 0 Å². The average molecular weight is 260 g/mol. The second-order valence-electron chi connectivity index (χ2n) is 4.76. The van der Waals surface area contributed by atoms with Crippen molar-refractivity contribution in [3.63, 3.8) is 0 Å². The van der Waals surface area contributed by atoms with Gasteiger partial charge in [-0.3, -0.25) is 0 Å². The lowest BCUT2D eigenvalue weighted by Crippen LogP contribution is -2.13. The summed E-state index contributed by atoms with van der Waals surface area (Å²) in [5.74, 6) is 1.13. The molecular weight excluding hydrogens is 244 g/mol. The Kier molecular flexibility index (Phi) is 3.04. The molecule has 4 N–H and O–H groups in total. The van der Waals surface area contributed by atoms with Crippen molar-refractivity contribution in [1.29, 1.82) is 0 Å². The van der Waals surface area contributed by atoms with Crippen molar-refractivity contribution in [2.24, 2.45) is 5.92 Å². The topological polar surface area (TPSA) is 105 Å². The monoisotopic (exact) mass is 260 g/mol. The number of anilines is 2. The van der Waals surface area contributed by atoms with Gasteiger partial charge in [0.05, 0.1) is 13.2 Å². The van der Waals surface area contributed by atoms with Gasteiger partial charge < -0.3 is 16.2 Å². The van der Waals surface area contributed by atoms with Crippen LogP contribution < -0.4 is 11.5 Å². The summed E-state index contributed by atoms with van der Waals surface area (Å²) in [4.78, 5) is 0. The van der Waals surface area contributed by atoms with E-state index in [1.54, 1.807) is 16.8 Å². The van der Waals surface area contributed by atoms with Crippen molar-refractivity contribution in [3.05, 3.63) is 18.2 Å². The lowest BCUT2D eigenvalue weighted by molar-refractivity contribution is 0.181. The first-order valence-electron chi connectivity index (χ1n) is 6.23. The van der Waals surface area contributed by atoms with Crippen molar-refractivity contribution >= 4 is 11.4 Å². The van der Waals surface area contributed by atoms with Crippen LogP contribution in [0.4, 0.5) is 11.4 Å². The first-order valence-corrected chi connectivity index (χ1v) is 6.23. The minimum Gasteiger partial charge on any atom is -0.399 e. The van der Waals surface area contributed by atoms with Crippen LogP contribution in [0.1, 0.15) is 6.42 Å². The zero-order valence-electron chi connectivity index (χ0n) is 10.5. The molecule has 19 heavy (non-hydrogen) atoms. The Bertz CT molecular complexity index is 575. The highest BCUT2D eigenvalue weighted by atomic mass is 16.5. The normalized spacial score (nSPS) is 18.8. The van der Waals surface area contributed by atoms with Gasteiger partial charge in [-0.15, -0.1) is 5.10 Å². The van der Waals surface area contributed by atoms with Crippen LogP contribution in [0, 0.1) is 5.92 Å². The molecule has 3 rings (SSSR count). The van der Waals surface area contributed by atoms with Crippen LogP contribution in [0.3, 0.4) is 0 Å². The number of aromatic nitrogens is 4. The largest absolute Gasteiger partial charge is 0.399 e. The van der Waals surface area contributed by atoms with Crippen LogP contribution in [0.2, 0.25) is 0 Å². The van der Waals surface area contributed by atoms with Crippen molar-refractivity contribution in [2.45, 2.75) is 13.0 Å². The number of tetrazole rings is 1. The van der Waals surface area contributed by atoms with Crippen LogP contribution in [-0.2, 0) is 11.3 Å². The average Bonchev–Trinajstić information content (AvgIpc) is 3.02. The van der Waals surface area contributed by atoms with Crippen molar-refractivity contribution in [1.82, 2.24) is 20.2 Å². The molecule has 1 saturated heterocycles. The molecule has 100 valence electrons. The highest BCUT2D eigenvalue weighted by molar-refractivity contribution is 5.74. The van der Waals surface area contributed by atoms with Crippen LogP contribution in [-0.4, -0.2) is 33.4 Å². The van der Waals surface area contributed by atoms with Gasteiger partial charge in [-0.05, 0) is 35.0 Å². The van der Waals surface area contributed by atoms with E-state index in [-0.39, 0.29) is 0 Å². The molecule has 0 aliphatic carbocycles. The van der Waals surface area contributed by atoms with E-state index in [1.165, 1.54) is 0 Å². The SMILES string of the molecule is Nc1ccc(-c2nnnn2CC2CCOC2)c(N)c1. The van der Waals surface area contributed by atoms with Gasteiger partial charge in [-0.1, -0.05) is 0 Å². The van der Waals surface area contributed by atoms with Gasteiger partial charge in [0, 0.05) is 29.5 Å². The van der Waals surface area contributed by atoms with Crippen LogP contribution in [0.15, 0.2) is 18.2 Å². The molecule has 0 spiro atoms. The molecule has 0 amide bonds. The Morgan fingerprint density at radius 2 is 2.26 bits per heavy atom. The molecule has 1 aromatic carbocycles. The zero-order valence-corrected chi connectivity index (χ0v) is 10.5. The second kappa shape index (κ2) is 4.85. The summed E-state index contributed by atoms with van der Waals surface area (Å²) in [6.45, 7) is 2.31. The van der Waals surface area contributed by atoms with E-state index in [1.807, 2.05) is 6.07 Å². The highest BCUT2D eigenvalue weighted by Crippen LogP contribution is 2.26. The van der Waals surface area contributed by atoms with Crippen molar-refractivity contribution in [2.75, 3.05) is 24.7 Å². The third-order valence-electron chi connectivity index (χ3n) is 3.30. The third kappa shape index (κ3) is 2.37. The molecule has 7 nitrogen and oxygen atoms in total. The molecule has 1 aliphatic heterocycles. The summed E-state index contributed by atoms with van der Waals surface area (Å²) in [6.07, 6.45) is 1.04. The molecular formula is C12H16N6O. The number of hydrogen-bond acceptors (Lipinski definition) is 6. The molecule has 0 bridgehead atoms. The first kappa shape index (κ1) is 11.9. The fourth-order valence-electron chi connectivity index (χ4n) is 2.28. The third-order valence-corrected chi connectivity index (χ3v) is 3.30. The summed E-state index contributed by atoms with van der Waals surface area (Å²) in [7, 11) is 0. The molecule has 1 aliphatic rings. The van der Waals surface area contributed by atoms with Gasteiger partial charge in [-0.2, -0.15) is 0 Å². The van der Waals surface area contributed by atoms with Gasteiger partial charge in [0.15, 0.2) is 5.82 Å². The predicted molar refractivity (Wildman–Crippen MR) is 71.0 cm³/mol. The number of nitrogens with two attached hydrogens (primary N) is 2. The molecule has 2 heterocycles. The Labute approximate surface area is 110 Å². The number of hydrogen-bond donors (Lipinski definition) is 2.